The zero-order valence-electron chi connectivity index (χ0n) is 16.1. The van der Waals surface area contributed by atoms with E-state index >= 15 is 0 Å². The summed E-state index contributed by atoms with van der Waals surface area (Å²) < 4.78 is 27.1. The van der Waals surface area contributed by atoms with Crippen LogP contribution in [0.5, 0.6) is 0 Å². The molecule has 2 aromatic heterocycles. The molecule has 1 unspecified atom stereocenters. The Kier molecular flexibility index (Phi) is 5.50. The van der Waals surface area contributed by atoms with Gasteiger partial charge in [0, 0.05) is 18.3 Å². The molecule has 4 rings (SSSR count). The first-order chi connectivity index (χ1) is 14.5. The molecule has 3 aromatic rings. The average Bonchev–Trinajstić information content (AvgIpc) is 3.13. The molecular weight excluding hydrogens is 392 g/mol. The van der Waals surface area contributed by atoms with Gasteiger partial charge in [-0.05, 0) is 36.6 Å². The second kappa shape index (κ2) is 8.24. The van der Waals surface area contributed by atoms with Crippen molar-refractivity contribution in [2.75, 3.05) is 5.32 Å². The molecule has 0 spiro atoms. The third-order valence-electron chi connectivity index (χ3n) is 5.56. The molecule has 1 aliphatic rings. The van der Waals surface area contributed by atoms with Crippen molar-refractivity contribution < 1.29 is 13.9 Å². The van der Waals surface area contributed by atoms with Crippen molar-refractivity contribution >= 4 is 22.4 Å². The van der Waals surface area contributed by atoms with Crippen molar-refractivity contribution in [2.45, 2.75) is 50.3 Å². The lowest BCUT2D eigenvalue weighted by molar-refractivity contribution is -0.00577. The summed E-state index contributed by atoms with van der Waals surface area (Å²) in [6.45, 7) is 7.52. The summed E-state index contributed by atoms with van der Waals surface area (Å²) in [6, 6.07) is 7.37. The number of halogens is 2. The fourth-order valence-electron chi connectivity index (χ4n) is 4.01. The molecule has 30 heavy (non-hydrogen) atoms. The summed E-state index contributed by atoms with van der Waals surface area (Å²) in [5, 5.41) is 17.6. The second-order valence-corrected chi connectivity index (χ2v) is 7.43. The van der Waals surface area contributed by atoms with Crippen LogP contribution in [-0.4, -0.2) is 32.3 Å². The number of nitrogens with one attached hydrogen (secondary N) is 2. The Labute approximate surface area is 171 Å². The zero-order valence-corrected chi connectivity index (χ0v) is 16.1. The molecule has 7 nitrogen and oxygen atoms in total. The largest absolute Gasteiger partial charge is 0.382 e. The second-order valence-electron chi connectivity index (χ2n) is 7.43. The van der Waals surface area contributed by atoms with E-state index in [2.05, 4.69) is 20.2 Å². The van der Waals surface area contributed by atoms with Gasteiger partial charge < -0.3 is 20.3 Å². The average molecular weight is 413 g/mol. The number of rotatable bonds is 5. The molecule has 9 heteroatoms. The number of fused-ring (bicyclic) bond motifs is 1. The van der Waals surface area contributed by atoms with E-state index in [9.17, 15) is 18.7 Å². The summed E-state index contributed by atoms with van der Waals surface area (Å²) in [6.07, 6.45) is 0.462. The van der Waals surface area contributed by atoms with E-state index in [-0.39, 0.29) is 23.2 Å². The molecule has 1 aliphatic carbocycles. The van der Waals surface area contributed by atoms with Gasteiger partial charge in [0.25, 0.3) is 12.0 Å². The fourth-order valence-corrected chi connectivity index (χ4v) is 4.01. The van der Waals surface area contributed by atoms with Gasteiger partial charge in [0.2, 0.25) is 6.04 Å². The number of hydrogen-bond acceptors (Lipinski definition) is 4. The van der Waals surface area contributed by atoms with Gasteiger partial charge in [-0.15, -0.1) is 0 Å². The highest BCUT2D eigenvalue weighted by Crippen LogP contribution is 2.35. The Morgan fingerprint density at radius 3 is 2.67 bits per heavy atom. The first kappa shape index (κ1) is 20.0. The SMILES string of the molecule is [C-]#[N+][C@H]1CCCC[C@@H]1n1nc(Nc2ccc(C(O)C(F)F)cc2)c2c(=O)[nH]ccc21. The van der Waals surface area contributed by atoms with Crippen LogP contribution in [0, 0.1) is 6.57 Å². The molecule has 0 amide bonds. The van der Waals surface area contributed by atoms with Crippen molar-refractivity contribution in [2.24, 2.45) is 0 Å². The number of hydrogen-bond donors (Lipinski definition) is 3. The Bertz CT molecular complexity index is 1130. The van der Waals surface area contributed by atoms with E-state index in [4.69, 9.17) is 6.57 Å². The van der Waals surface area contributed by atoms with Gasteiger partial charge in [0.05, 0.1) is 5.52 Å². The molecule has 0 radical (unpaired) electrons. The van der Waals surface area contributed by atoms with E-state index < -0.39 is 12.5 Å². The molecule has 0 aliphatic heterocycles. The van der Waals surface area contributed by atoms with Crippen molar-refractivity contribution in [3.05, 3.63) is 63.9 Å². The van der Waals surface area contributed by atoms with Crippen LogP contribution >= 0.6 is 0 Å². The summed E-state index contributed by atoms with van der Waals surface area (Å²) in [5.74, 6) is 0.336. The van der Waals surface area contributed by atoms with Gasteiger partial charge in [-0.3, -0.25) is 9.48 Å². The molecule has 1 aromatic carbocycles. The number of aromatic amines is 1. The van der Waals surface area contributed by atoms with Crippen LogP contribution in [0.4, 0.5) is 20.3 Å². The number of aliphatic hydroxyl groups excluding tert-OH is 1. The predicted molar refractivity (Wildman–Crippen MR) is 109 cm³/mol. The highest BCUT2D eigenvalue weighted by molar-refractivity contribution is 5.91. The van der Waals surface area contributed by atoms with Gasteiger partial charge in [0.15, 0.2) is 5.82 Å². The highest BCUT2D eigenvalue weighted by atomic mass is 19.3. The van der Waals surface area contributed by atoms with Gasteiger partial charge in [-0.2, -0.15) is 5.10 Å². The van der Waals surface area contributed by atoms with Crippen LogP contribution in [-0.2, 0) is 0 Å². The van der Waals surface area contributed by atoms with Crippen LogP contribution in [0.3, 0.4) is 0 Å². The number of aromatic nitrogens is 3. The predicted octanol–water partition coefficient (Wildman–Crippen LogP) is 4.17. The lowest BCUT2D eigenvalue weighted by Gasteiger charge is -2.24. The minimum absolute atomic E-state index is 0.103. The van der Waals surface area contributed by atoms with E-state index in [1.54, 1.807) is 29.1 Å². The lowest BCUT2D eigenvalue weighted by atomic mass is 9.91. The molecule has 3 atom stereocenters. The van der Waals surface area contributed by atoms with E-state index in [1.807, 2.05) is 0 Å². The van der Waals surface area contributed by atoms with E-state index in [0.717, 1.165) is 25.7 Å². The van der Waals surface area contributed by atoms with Gasteiger partial charge in [0.1, 0.15) is 17.5 Å². The Balaban J connectivity index is 1.71. The normalized spacial score (nSPS) is 20.2. The number of alkyl halides is 2. The molecule has 3 N–H and O–H groups in total. The molecule has 0 saturated heterocycles. The molecule has 156 valence electrons. The maximum atomic E-state index is 12.7. The summed E-state index contributed by atoms with van der Waals surface area (Å²) >= 11 is 0. The smallest absolute Gasteiger partial charge is 0.268 e. The topological polar surface area (TPSA) is 87.3 Å². The van der Waals surface area contributed by atoms with Gasteiger partial charge in [-0.1, -0.05) is 18.6 Å². The highest BCUT2D eigenvalue weighted by Gasteiger charge is 2.33. The lowest BCUT2D eigenvalue weighted by Crippen LogP contribution is -2.26. The van der Waals surface area contributed by atoms with Crippen LogP contribution in [0.15, 0.2) is 41.3 Å². The van der Waals surface area contributed by atoms with Crippen LogP contribution < -0.4 is 10.9 Å². The molecular formula is C21H21F2N5O2. The number of aliphatic hydroxyl groups is 1. The Morgan fingerprint density at radius 1 is 1.23 bits per heavy atom. The van der Waals surface area contributed by atoms with Gasteiger partial charge >= 0.3 is 0 Å². The first-order valence-electron chi connectivity index (χ1n) is 9.79. The summed E-state index contributed by atoms with van der Waals surface area (Å²) in [5.41, 5.74) is 0.985. The maximum Gasteiger partial charge on any atom is 0.268 e. The standard InChI is InChI=1S/C21H21F2N5O2/c1-24-14-4-2-3-5-15(14)28-16-10-11-25-21(30)17(16)20(27-28)26-13-8-6-12(7-9-13)18(29)19(22)23/h6-11,14-15,18-19,29H,2-5H2,(H,25,30)(H,26,27)/t14-,15-,18?/m0/s1. The van der Waals surface area contributed by atoms with Gasteiger partial charge in [-0.25, -0.2) is 15.4 Å². The number of pyridine rings is 1. The Hall–Kier alpha value is -3.25. The minimum atomic E-state index is -2.87. The fraction of sp³-hybridized carbons (Fsp3) is 0.381. The number of H-pyrrole nitrogens is 1. The van der Waals surface area contributed by atoms with Crippen molar-refractivity contribution in [3.8, 4) is 0 Å². The number of nitrogens with zero attached hydrogens (tertiary/aromatic N) is 3. The maximum absolute atomic E-state index is 12.7. The van der Waals surface area contributed by atoms with Crippen LogP contribution in [0.1, 0.15) is 43.4 Å². The summed E-state index contributed by atoms with van der Waals surface area (Å²) in [7, 11) is 0. The Morgan fingerprint density at radius 2 is 1.97 bits per heavy atom. The summed E-state index contributed by atoms with van der Waals surface area (Å²) in [4.78, 5) is 18.9. The first-order valence-corrected chi connectivity index (χ1v) is 9.79. The number of benzene rings is 1. The third kappa shape index (κ3) is 3.66. The molecule has 2 heterocycles. The quantitative estimate of drug-likeness (QED) is 0.548. The van der Waals surface area contributed by atoms with E-state index in [1.165, 1.54) is 12.1 Å². The molecule has 1 fully saturated rings. The van der Waals surface area contributed by atoms with Crippen molar-refractivity contribution in [1.82, 2.24) is 14.8 Å². The zero-order chi connectivity index (χ0) is 21.3. The number of anilines is 2. The van der Waals surface area contributed by atoms with Crippen molar-refractivity contribution in [1.29, 1.82) is 0 Å². The van der Waals surface area contributed by atoms with Crippen LogP contribution in [0.2, 0.25) is 0 Å². The third-order valence-corrected chi connectivity index (χ3v) is 5.56. The minimum Gasteiger partial charge on any atom is -0.382 e. The molecule has 1 saturated carbocycles. The van der Waals surface area contributed by atoms with E-state index in [0.29, 0.717) is 22.4 Å². The van der Waals surface area contributed by atoms with Crippen molar-refractivity contribution in [3.63, 3.8) is 0 Å². The van der Waals surface area contributed by atoms with Crippen LogP contribution in [0.25, 0.3) is 15.7 Å². The molecule has 0 bridgehead atoms. The monoisotopic (exact) mass is 413 g/mol.